The molecule has 0 fully saturated rings. The molecule has 2 aromatic heterocycles. The van der Waals surface area contributed by atoms with Crippen molar-refractivity contribution in [1.29, 1.82) is 5.26 Å². The topological polar surface area (TPSA) is 93.9 Å². The number of hydrogen-bond acceptors (Lipinski definition) is 5. The van der Waals surface area contributed by atoms with Gasteiger partial charge in [0, 0.05) is 29.2 Å². The predicted octanol–water partition coefficient (Wildman–Crippen LogP) is 3.47. The fraction of sp³-hybridized carbons (Fsp3) is 0.136. The predicted molar refractivity (Wildman–Crippen MR) is 110 cm³/mol. The summed E-state index contributed by atoms with van der Waals surface area (Å²) in [4.78, 5) is 17.6. The van der Waals surface area contributed by atoms with Crippen molar-refractivity contribution in [3.05, 3.63) is 104 Å². The number of fused-ring (bicyclic) bond motifs is 1. The second-order valence-electron chi connectivity index (χ2n) is 6.80. The third-order valence-corrected chi connectivity index (χ3v) is 5.17. The summed E-state index contributed by atoms with van der Waals surface area (Å²) in [5.41, 5.74) is 8.65. The molecule has 3 heterocycles. The molecule has 3 aromatic rings. The Labute approximate surface area is 172 Å². The molecule has 1 unspecified atom stereocenters. The number of benzene rings is 1. The molecule has 1 aliphatic rings. The summed E-state index contributed by atoms with van der Waals surface area (Å²) >= 11 is 6.17. The van der Waals surface area contributed by atoms with Crippen molar-refractivity contribution in [3.63, 3.8) is 0 Å². The van der Waals surface area contributed by atoms with Gasteiger partial charge >= 0.3 is 0 Å². The molecule has 0 spiro atoms. The lowest BCUT2D eigenvalue weighted by molar-refractivity contribution is 0.389. The highest BCUT2D eigenvalue weighted by Gasteiger charge is 2.34. The number of ether oxygens (including phenoxy) is 1. The maximum atomic E-state index is 13.5. The molecule has 0 amide bonds. The van der Waals surface area contributed by atoms with Crippen LogP contribution in [0.3, 0.4) is 0 Å². The molecular formula is C22H17ClN4O2. The first-order chi connectivity index (χ1) is 14.0. The monoisotopic (exact) mass is 404 g/mol. The van der Waals surface area contributed by atoms with E-state index in [9.17, 15) is 10.1 Å². The third kappa shape index (κ3) is 3.37. The highest BCUT2D eigenvalue weighted by Crippen LogP contribution is 2.41. The minimum atomic E-state index is -0.657. The van der Waals surface area contributed by atoms with E-state index in [4.69, 9.17) is 22.1 Å². The van der Waals surface area contributed by atoms with Gasteiger partial charge in [0.25, 0.3) is 5.56 Å². The summed E-state index contributed by atoms with van der Waals surface area (Å²) in [6.07, 6.45) is 3.40. The van der Waals surface area contributed by atoms with E-state index in [-0.39, 0.29) is 17.0 Å². The Morgan fingerprint density at radius 1 is 1.31 bits per heavy atom. The van der Waals surface area contributed by atoms with Crippen LogP contribution in [0, 0.1) is 18.3 Å². The zero-order valence-electron chi connectivity index (χ0n) is 15.6. The molecule has 0 saturated carbocycles. The fourth-order valence-electron chi connectivity index (χ4n) is 3.58. The van der Waals surface area contributed by atoms with Crippen molar-refractivity contribution in [2.24, 2.45) is 5.73 Å². The molecule has 6 nitrogen and oxygen atoms in total. The number of aryl methyl sites for hydroxylation is 1. The van der Waals surface area contributed by atoms with Crippen molar-refractivity contribution in [3.8, 4) is 11.8 Å². The smallest absolute Gasteiger partial charge is 0.259 e. The Balaban J connectivity index is 1.94. The summed E-state index contributed by atoms with van der Waals surface area (Å²) in [6.45, 7) is 2.19. The molecule has 4 rings (SSSR count). The number of allylic oxidation sites excluding steroid dienone is 1. The number of aromatic nitrogens is 2. The SMILES string of the molecule is Cc1cc2c(c(=O)n1Cc1cccnc1)C(c1cccc(Cl)c1)C(C#N)=C(N)O2. The second-order valence-corrected chi connectivity index (χ2v) is 7.23. The van der Waals surface area contributed by atoms with E-state index >= 15 is 0 Å². The van der Waals surface area contributed by atoms with Gasteiger partial charge in [-0.1, -0.05) is 29.8 Å². The number of nitrogens with two attached hydrogens (primary N) is 1. The Kier molecular flexibility index (Phi) is 4.83. The number of rotatable bonds is 3. The van der Waals surface area contributed by atoms with Crippen LogP contribution in [0.5, 0.6) is 5.75 Å². The second kappa shape index (κ2) is 7.46. The summed E-state index contributed by atoms with van der Waals surface area (Å²) in [5, 5.41) is 10.2. The van der Waals surface area contributed by atoms with Gasteiger partial charge in [0.1, 0.15) is 17.4 Å². The number of pyridine rings is 2. The van der Waals surface area contributed by atoms with Crippen LogP contribution in [0.15, 0.2) is 71.1 Å². The first-order valence-corrected chi connectivity index (χ1v) is 9.33. The quantitative estimate of drug-likeness (QED) is 0.721. The van der Waals surface area contributed by atoms with E-state index in [2.05, 4.69) is 11.1 Å². The Bertz CT molecular complexity index is 1230. The van der Waals surface area contributed by atoms with Gasteiger partial charge in [0.15, 0.2) is 0 Å². The molecule has 2 N–H and O–H groups in total. The summed E-state index contributed by atoms with van der Waals surface area (Å²) in [6, 6.07) is 14.7. The van der Waals surface area contributed by atoms with Crippen LogP contribution in [-0.2, 0) is 6.54 Å². The van der Waals surface area contributed by atoms with Gasteiger partial charge in [-0.25, -0.2) is 0 Å². The third-order valence-electron chi connectivity index (χ3n) is 4.94. The van der Waals surface area contributed by atoms with Crippen molar-refractivity contribution >= 4 is 11.6 Å². The van der Waals surface area contributed by atoms with E-state index < -0.39 is 5.92 Å². The highest BCUT2D eigenvalue weighted by atomic mass is 35.5. The van der Waals surface area contributed by atoms with Crippen molar-refractivity contribution < 1.29 is 4.74 Å². The maximum Gasteiger partial charge on any atom is 0.259 e. The van der Waals surface area contributed by atoms with E-state index in [1.165, 1.54) is 0 Å². The molecule has 0 radical (unpaired) electrons. The van der Waals surface area contributed by atoms with Crippen LogP contribution in [0.4, 0.5) is 0 Å². The highest BCUT2D eigenvalue weighted by molar-refractivity contribution is 6.30. The van der Waals surface area contributed by atoms with E-state index in [1.54, 1.807) is 41.2 Å². The maximum absolute atomic E-state index is 13.5. The molecule has 1 aromatic carbocycles. The number of nitriles is 1. The van der Waals surface area contributed by atoms with Gasteiger partial charge in [-0.05, 0) is 36.2 Å². The van der Waals surface area contributed by atoms with Crippen LogP contribution < -0.4 is 16.0 Å². The zero-order chi connectivity index (χ0) is 20.5. The first-order valence-electron chi connectivity index (χ1n) is 8.96. The average molecular weight is 405 g/mol. The molecule has 29 heavy (non-hydrogen) atoms. The summed E-state index contributed by atoms with van der Waals surface area (Å²) in [7, 11) is 0. The molecule has 1 aliphatic heterocycles. The summed E-state index contributed by atoms with van der Waals surface area (Å²) in [5.74, 6) is -0.305. The van der Waals surface area contributed by atoms with Crippen LogP contribution >= 0.6 is 11.6 Å². The van der Waals surface area contributed by atoms with Crippen LogP contribution in [0.2, 0.25) is 5.02 Å². The van der Waals surface area contributed by atoms with Crippen molar-refractivity contribution in [2.45, 2.75) is 19.4 Å². The standard InChI is InChI=1S/C22H17ClN4O2/c1-13-8-18-20(22(28)27(13)12-14-4-3-7-26-11-14)19(17(10-24)21(25)29-18)15-5-2-6-16(23)9-15/h2-9,11,19H,12,25H2,1H3. The number of halogens is 1. The van der Waals surface area contributed by atoms with E-state index in [0.717, 1.165) is 11.3 Å². The minimum Gasteiger partial charge on any atom is -0.440 e. The van der Waals surface area contributed by atoms with Crippen LogP contribution in [-0.4, -0.2) is 9.55 Å². The molecule has 7 heteroatoms. The molecule has 0 saturated heterocycles. The van der Waals surface area contributed by atoms with Crippen molar-refractivity contribution in [2.75, 3.05) is 0 Å². The van der Waals surface area contributed by atoms with Gasteiger partial charge in [0.2, 0.25) is 5.88 Å². The molecule has 0 bridgehead atoms. The van der Waals surface area contributed by atoms with Crippen molar-refractivity contribution in [1.82, 2.24) is 9.55 Å². The number of hydrogen-bond donors (Lipinski definition) is 1. The van der Waals surface area contributed by atoms with Gasteiger partial charge in [-0.3, -0.25) is 9.78 Å². The minimum absolute atomic E-state index is 0.00575. The lowest BCUT2D eigenvalue weighted by Crippen LogP contribution is -2.33. The molecule has 1 atom stereocenters. The van der Waals surface area contributed by atoms with Crippen LogP contribution in [0.25, 0.3) is 0 Å². The zero-order valence-corrected chi connectivity index (χ0v) is 16.3. The lowest BCUT2D eigenvalue weighted by Gasteiger charge is -2.27. The average Bonchev–Trinajstić information content (AvgIpc) is 2.71. The van der Waals surface area contributed by atoms with Gasteiger partial charge < -0.3 is 15.0 Å². The van der Waals surface area contributed by atoms with E-state index in [1.807, 2.05) is 25.1 Å². The van der Waals surface area contributed by atoms with Gasteiger partial charge in [-0.15, -0.1) is 0 Å². The Hall–Kier alpha value is -3.56. The molecule has 0 aliphatic carbocycles. The summed E-state index contributed by atoms with van der Waals surface area (Å²) < 4.78 is 7.31. The fourth-order valence-corrected chi connectivity index (χ4v) is 3.78. The Morgan fingerprint density at radius 2 is 2.14 bits per heavy atom. The Morgan fingerprint density at radius 3 is 2.83 bits per heavy atom. The largest absolute Gasteiger partial charge is 0.440 e. The first kappa shape index (κ1) is 18.8. The number of nitrogens with zero attached hydrogens (tertiary/aromatic N) is 3. The normalized spacial score (nSPS) is 15.4. The van der Waals surface area contributed by atoms with Gasteiger partial charge in [0.05, 0.1) is 18.0 Å². The van der Waals surface area contributed by atoms with Crippen LogP contribution in [0.1, 0.15) is 28.3 Å². The van der Waals surface area contributed by atoms with Gasteiger partial charge in [-0.2, -0.15) is 5.26 Å². The lowest BCUT2D eigenvalue weighted by atomic mass is 9.84. The molecule has 144 valence electrons. The van der Waals surface area contributed by atoms with E-state index in [0.29, 0.717) is 28.4 Å². The molecular weight excluding hydrogens is 388 g/mol.